The van der Waals surface area contributed by atoms with Crippen LogP contribution in [0.3, 0.4) is 0 Å². The van der Waals surface area contributed by atoms with Crippen LogP contribution in [0.5, 0.6) is 5.75 Å². The lowest BCUT2D eigenvalue weighted by Crippen LogP contribution is -2.22. The van der Waals surface area contributed by atoms with E-state index in [1.807, 2.05) is 0 Å². The molecule has 0 aliphatic rings. The number of carbonyl (C=O) groups is 1. The maximum Gasteiger partial charge on any atom is 0.270 e. The number of nitrogens with one attached hydrogen (secondary N) is 1. The molecule has 0 atom stereocenters. The number of benzene rings is 2. The Morgan fingerprint density at radius 3 is 2.37 bits per heavy atom. The van der Waals surface area contributed by atoms with Gasteiger partial charge < -0.3 is 4.74 Å². The summed E-state index contributed by atoms with van der Waals surface area (Å²) >= 11 is 0. The zero-order chi connectivity index (χ0) is 26.2. The summed E-state index contributed by atoms with van der Waals surface area (Å²) in [6, 6.07) is 12.6. The second-order valence-electron chi connectivity index (χ2n) is 10.2. The van der Waals surface area contributed by atoms with Gasteiger partial charge in [-0.2, -0.15) is 5.10 Å². The van der Waals surface area contributed by atoms with Crippen molar-refractivity contribution in [3.05, 3.63) is 69.3 Å². The lowest BCUT2D eigenvalue weighted by molar-refractivity contribution is -0.384. The average Bonchev–Trinajstić information content (AvgIpc) is 2.85. The molecule has 7 heteroatoms. The summed E-state index contributed by atoms with van der Waals surface area (Å²) in [5, 5.41) is 15.0. The smallest absolute Gasteiger partial charge is 0.270 e. The van der Waals surface area contributed by atoms with Gasteiger partial charge in [0.25, 0.3) is 5.69 Å². The summed E-state index contributed by atoms with van der Waals surface area (Å²) in [6.45, 7) is 15.5. The first kappa shape index (κ1) is 28.0. The molecule has 0 unspecified atom stereocenters. The molecule has 0 spiro atoms. The van der Waals surface area contributed by atoms with Crippen LogP contribution in [0.2, 0.25) is 0 Å². The molecule has 0 radical (unpaired) electrons. The van der Waals surface area contributed by atoms with Gasteiger partial charge in [0.1, 0.15) is 5.75 Å². The maximum atomic E-state index is 12.2. The van der Waals surface area contributed by atoms with Gasteiger partial charge in [-0.15, -0.1) is 0 Å². The minimum atomic E-state index is -0.458. The van der Waals surface area contributed by atoms with Crippen LogP contribution in [0.1, 0.15) is 90.8 Å². The zero-order valence-electron chi connectivity index (χ0n) is 22.1. The van der Waals surface area contributed by atoms with Gasteiger partial charge in [-0.1, -0.05) is 65.8 Å². The van der Waals surface area contributed by atoms with Crippen LogP contribution in [0.4, 0.5) is 5.69 Å². The fraction of sp³-hybridized carbons (Fsp3) is 0.500. The highest BCUT2D eigenvalue weighted by Gasteiger charge is 2.26. The van der Waals surface area contributed by atoms with Crippen molar-refractivity contribution in [2.45, 2.75) is 85.0 Å². The van der Waals surface area contributed by atoms with Crippen LogP contribution in [-0.2, 0) is 15.6 Å². The third-order valence-electron chi connectivity index (χ3n) is 6.89. The molecule has 1 N–H and O–H groups in total. The Kier molecular flexibility index (Phi) is 9.57. The molecule has 2 aromatic carbocycles. The van der Waals surface area contributed by atoms with E-state index in [1.54, 1.807) is 19.1 Å². The summed E-state index contributed by atoms with van der Waals surface area (Å²) < 4.78 is 6.13. The molecule has 190 valence electrons. The van der Waals surface area contributed by atoms with E-state index < -0.39 is 4.92 Å². The molecule has 0 heterocycles. The predicted octanol–water partition coefficient (Wildman–Crippen LogP) is 6.67. The number of hydrazone groups is 1. The van der Waals surface area contributed by atoms with Crippen molar-refractivity contribution in [3.8, 4) is 5.75 Å². The van der Waals surface area contributed by atoms with Crippen LogP contribution < -0.4 is 10.2 Å². The third kappa shape index (κ3) is 7.64. The maximum absolute atomic E-state index is 12.2. The Labute approximate surface area is 209 Å². The first-order valence-electron chi connectivity index (χ1n) is 12.3. The number of nitro benzene ring substituents is 1. The van der Waals surface area contributed by atoms with Gasteiger partial charge in [-0.3, -0.25) is 14.9 Å². The van der Waals surface area contributed by atoms with Crippen LogP contribution in [0.15, 0.2) is 47.6 Å². The van der Waals surface area contributed by atoms with Gasteiger partial charge in [0.05, 0.1) is 17.2 Å². The summed E-state index contributed by atoms with van der Waals surface area (Å²) in [4.78, 5) is 22.7. The molecule has 1 amide bonds. The SMILES string of the molecule is CCC(C)(C)c1ccc(OCCCC(=O)N/N=C(\C)c2cccc([N+](=O)[O-])c2)c(C(C)(C)CC)c1. The highest BCUT2D eigenvalue weighted by atomic mass is 16.6. The highest BCUT2D eigenvalue weighted by Crippen LogP contribution is 2.38. The largest absolute Gasteiger partial charge is 0.493 e. The number of carbonyl (C=O) groups excluding carboxylic acids is 1. The molecule has 0 saturated carbocycles. The fourth-order valence-corrected chi connectivity index (χ4v) is 3.53. The molecular weight excluding hydrogens is 442 g/mol. The molecule has 0 aliphatic carbocycles. The summed E-state index contributed by atoms with van der Waals surface area (Å²) in [7, 11) is 0. The normalized spacial score (nSPS) is 12.4. The molecule has 0 saturated heterocycles. The minimum Gasteiger partial charge on any atom is -0.493 e. The Morgan fingerprint density at radius 1 is 1.06 bits per heavy atom. The van der Waals surface area contributed by atoms with E-state index in [9.17, 15) is 14.9 Å². The molecule has 0 fully saturated rings. The number of non-ortho nitro benzene ring substituents is 1. The van der Waals surface area contributed by atoms with Gasteiger partial charge in [0.2, 0.25) is 5.91 Å². The quantitative estimate of drug-likeness (QED) is 0.158. The zero-order valence-corrected chi connectivity index (χ0v) is 22.1. The Morgan fingerprint density at radius 2 is 1.74 bits per heavy atom. The Balaban J connectivity index is 1.97. The van der Waals surface area contributed by atoms with Crippen molar-refractivity contribution in [1.29, 1.82) is 0 Å². The van der Waals surface area contributed by atoms with Crippen LogP contribution in [0, 0.1) is 10.1 Å². The fourth-order valence-electron chi connectivity index (χ4n) is 3.53. The Bertz CT molecular complexity index is 1070. The summed E-state index contributed by atoms with van der Waals surface area (Å²) in [5.74, 6) is 0.639. The predicted molar refractivity (Wildman–Crippen MR) is 141 cm³/mol. The van der Waals surface area contributed by atoms with Crippen LogP contribution in [-0.4, -0.2) is 23.1 Å². The van der Waals surface area contributed by atoms with Crippen molar-refractivity contribution < 1.29 is 14.5 Å². The van der Waals surface area contributed by atoms with E-state index in [0.717, 1.165) is 18.6 Å². The standard InChI is InChI=1S/C28H39N3O4/c1-8-27(4,5)22-15-16-25(24(19-22)28(6,7)9-2)35-17-11-14-26(32)30-29-20(3)21-12-10-13-23(18-21)31(33)34/h10,12-13,15-16,18-19H,8-9,11,14,17H2,1-7H3,(H,30,32)/b29-20+. The number of rotatable bonds is 12. The van der Waals surface area contributed by atoms with Crippen molar-refractivity contribution in [2.75, 3.05) is 6.61 Å². The lowest BCUT2D eigenvalue weighted by atomic mass is 9.76. The monoisotopic (exact) mass is 481 g/mol. The van der Waals surface area contributed by atoms with E-state index in [2.05, 4.69) is 70.3 Å². The molecule has 35 heavy (non-hydrogen) atoms. The topological polar surface area (TPSA) is 93.8 Å². The van der Waals surface area contributed by atoms with Crippen molar-refractivity contribution in [3.63, 3.8) is 0 Å². The number of nitro groups is 1. The molecule has 0 aromatic heterocycles. The van der Waals surface area contributed by atoms with E-state index in [4.69, 9.17) is 4.74 Å². The molecule has 0 aliphatic heterocycles. The van der Waals surface area contributed by atoms with Crippen molar-refractivity contribution in [1.82, 2.24) is 5.43 Å². The Hall–Kier alpha value is -3.22. The number of hydrogen-bond acceptors (Lipinski definition) is 5. The van der Waals surface area contributed by atoms with Crippen molar-refractivity contribution in [2.24, 2.45) is 5.10 Å². The van der Waals surface area contributed by atoms with Crippen LogP contribution in [0.25, 0.3) is 0 Å². The van der Waals surface area contributed by atoms with E-state index >= 15 is 0 Å². The third-order valence-corrected chi connectivity index (χ3v) is 6.89. The first-order valence-corrected chi connectivity index (χ1v) is 12.3. The van der Waals surface area contributed by atoms with Gasteiger partial charge in [-0.05, 0) is 48.6 Å². The number of hydrogen-bond donors (Lipinski definition) is 1. The minimum absolute atomic E-state index is 0.0163. The molecule has 2 aromatic rings. The number of amides is 1. The molecule has 7 nitrogen and oxygen atoms in total. The van der Waals surface area contributed by atoms with E-state index in [-0.39, 0.29) is 28.8 Å². The van der Waals surface area contributed by atoms with Gasteiger partial charge in [0, 0.05) is 29.7 Å². The van der Waals surface area contributed by atoms with Gasteiger partial charge in [0.15, 0.2) is 0 Å². The van der Waals surface area contributed by atoms with Crippen LogP contribution >= 0.6 is 0 Å². The average molecular weight is 482 g/mol. The second-order valence-corrected chi connectivity index (χ2v) is 10.2. The van der Waals surface area contributed by atoms with Gasteiger partial charge in [-0.25, -0.2) is 5.43 Å². The van der Waals surface area contributed by atoms with E-state index in [0.29, 0.717) is 24.3 Å². The summed E-state index contributed by atoms with van der Waals surface area (Å²) in [6.07, 6.45) is 2.85. The second kappa shape index (κ2) is 12.0. The number of ether oxygens (including phenoxy) is 1. The number of nitrogens with zero attached hydrogens (tertiary/aromatic N) is 2. The molecular formula is C28H39N3O4. The lowest BCUT2D eigenvalue weighted by Gasteiger charge is -2.30. The highest BCUT2D eigenvalue weighted by molar-refractivity contribution is 5.99. The molecule has 0 bridgehead atoms. The van der Waals surface area contributed by atoms with Gasteiger partial charge >= 0.3 is 0 Å². The van der Waals surface area contributed by atoms with E-state index in [1.165, 1.54) is 23.3 Å². The summed E-state index contributed by atoms with van der Waals surface area (Å²) in [5.41, 5.74) is 6.17. The molecule has 2 rings (SSSR count). The first-order chi connectivity index (χ1) is 16.4. The van der Waals surface area contributed by atoms with Crippen molar-refractivity contribution >= 4 is 17.3 Å².